The summed E-state index contributed by atoms with van der Waals surface area (Å²) in [5.41, 5.74) is -4.10. The van der Waals surface area contributed by atoms with Gasteiger partial charge in [0.1, 0.15) is 5.75 Å². The average molecular weight is 508 g/mol. The van der Waals surface area contributed by atoms with Crippen molar-refractivity contribution in [3.8, 4) is 5.75 Å². The first-order chi connectivity index (χ1) is 16.5. The van der Waals surface area contributed by atoms with Crippen LogP contribution < -0.4 is 15.4 Å². The minimum absolute atomic E-state index is 0.0261. The van der Waals surface area contributed by atoms with Crippen LogP contribution in [-0.4, -0.2) is 55.2 Å². The van der Waals surface area contributed by atoms with Crippen molar-refractivity contribution in [2.75, 3.05) is 20.2 Å². The summed E-state index contributed by atoms with van der Waals surface area (Å²) in [6.45, 7) is 2.01. The van der Waals surface area contributed by atoms with Gasteiger partial charge >= 0.3 is 12.4 Å². The van der Waals surface area contributed by atoms with Crippen LogP contribution >= 0.6 is 0 Å². The molecule has 0 radical (unpaired) electrons. The van der Waals surface area contributed by atoms with Crippen LogP contribution in [0.25, 0.3) is 0 Å². The molecule has 5 nitrogen and oxygen atoms in total. The summed E-state index contributed by atoms with van der Waals surface area (Å²) in [5, 5.41) is 6.29. The highest BCUT2D eigenvalue weighted by molar-refractivity contribution is 5.99. The van der Waals surface area contributed by atoms with E-state index in [4.69, 9.17) is 4.74 Å². The molecule has 2 aliphatic carbocycles. The number of carbonyl (C=O) groups excluding carboxylic acids is 1. The van der Waals surface area contributed by atoms with E-state index in [2.05, 4.69) is 15.5 Å². The minimum atomic E-state index is -5.17. The zero-order valence-corrected chi connectivity index (χ0v) is 19.6. The van der Waals surface area contributed by atoms with Crippen molar-refractivity contribution in [3.05, 3.63) is 28.8 Å². The molecule has 196 valence electrons. The van der Waals surface area contributed by atoms with Crippen LogP contribution in [0.5, 0.6) is 5.75 Å². The highest BCUT2D eigenvalue weighted by Gasteiger charge is 2.42. The van der Waals surface area contributed by atoms with Crippen LogP contribution in [0.1, 0.15) is 72.9 Å². The maximum Gasteiger partial charge on any atom is 0.417 e. The van der Waals surface area contributed by atoms with Crippen LogP contribution in [-0.2, 0) is 12.4 Å². The molecule has 0 unspecified atom stereocenters. The molecule has 1 heterocycles. The van der Waals surface area contributed by atoms with Crippen molar-refractivity contribution >= 4 is 5.91 Å². The van der Waals surface area contributed by atoms with Crippen LogP contribution in [0, 0.1) is 0 Å². The van der Waals surface area contributed by atoms with E-state index < -0.39 is 46.7 Å². The maximum atomic E-state index is 13.7. The first-order valence-electron chi connectivity index (χ1n) is 12.1. The van der Waals surface area contributed by atoms with Gasteiger partial charge in [-0.25, -0.2) is 0 Å². The van der Waals surface area contributed by atoms with Crippen molar-refractivity contribution in [3.63, 3.8) is 0 Å². The van der Waals surface area contributed by atoms with E-state index in [1.54, 1.807) is 0 Å². The molecule has 3 aliphatic rings. The van der Waals surface area contributed by atoms with E-state index in [1.807, 2.05) is 0 Å². The summed E-state index contributed by atoms with van der Waals surface area (Å²) in [6, 6.07) is 0.847. The minimum Gasteiger partial charge on any atom is -0.496 e. The van der Waals surface area contributed by atoms with E-state index in [0.29, 0.717) is 18.5 Å². The van der Waals surface area contributed by atoms with Gasteiger partial charge in [0.25, 0.3) is 5.91 Å². The smallest absolute Gasteiger partial charge is 0.417 e. The lowest BCUT2D eigenvalue weighted by Gasteiger charge is -2.39. The molecular weight excluding hydrogens is 476 g/mol. The molecule has 1 amide bonds. The molecular formula is C24H31F6N3O2. The highest BCUT2D eigenvalue weighted by Crippen LogP contribution is 2.41. The van der Waals surface area contributed by atoms with Gasteiger partial charge in [-0.3, -0.25) is 4.79 Å². The molecule has 2 N–H and O–H groups in total. The van der Waals surface area contributed by atoms with Crippen molar-refractivity contribution in [1.82, 2.24) is 15.5 Å². The van der Waals surface area contributed by atoms with Crippen LogP contribution in [0.2, 0.25) is 0 Å². The number of methoxy groups -OCH3 is 1. The maximum absolute atomic E-state index is 13.7. The number of hydrogen-bond donors (Lipinski definition) is 2. The molecule has 0 aromatic heterocycles. The number of nitrogens with zero attached hydrogens (tertiary/aromatic N) is 1. The molecule has 0 bridgehead atoms. The van der Waals surface area contributed by atoms with Crippen molar-refractivity contribution in [1.29, 1.82) is 0 Å². The molecule has 4 rings (SSSR count). The Kier molecular flexibility index (Phi) is 7.57. The summed E-state index contributed by atoms with van der Waals surface area (Å²) in [5.74, 6) is -1.83. The number of carbonyl (C=O) groups is 1. The molecule has 1 aromatic rings. The second kappa shape index (κ2) is 10.2. The molecule has 2 atom stereocenters. The van der Waals surface area contributed by atoms with Crippen molar-refractivity contribution in [2.45, 2.75) is 87.9 Å². The second-order valence-electron chi connectivity index (χ2n) is 9.78. The van der Waals surface area contributed by atoms with Gasteiger partial charge in [-0.1, -0.05) is 12.8 Å². The van der Waals surface area contributed by atoms with Gasteiger partial charge < -0.3 is 20.3 Å². The van der Waals surface area contributed by atoms with Gasteiger partial charge in [-0.05, 0) is 63.7 Å². The summed E-state index contributed by atoms with van der Waals surface area (Å²) in [6.07, 6.45) is -2.65. The van der Waals surface area contributed by atoms with Crippen LogP contribution in [0.3, 0.4) is 0 Å². The fraction of sp³-hybridized carbons (Fsp3) is 0.708. The number of halogens is 6. The Morgan fingerprint density at radius 3 is 2.09 bits per heavy atom. The first-order valence-corrected chi connectivity index (χ1v) is 12.1. The zero-order valence-electron chi connectivity index (χ0n) is 19.6. The normalized spacial score (nSPS) is 24.9. The molecule has 1 saturated heterocycles. The predicted octanol–water partition coefficient (Wildman–Crippen LogP) is 4.99. The molecule has 11 heteroatoms. The lowest BCUT2D eigenvalue weighted by Crippen LogP contribution is -2.56. The third-order valence-electron chi connectivity index (χ3n) is 7.31. The van der Waals surface area contributed by atoms with Gasteiger partial charge in [0.2, 0.25) is 0 Å². The number of rotatable bonds is 6. The Hall–Kier alpha value is -2.01. The van der Waals surface area contributed by atoms with E-state index in [0.717, 1.165) is 52.3 Å². The Labute approximate surface area is 200 Å². The first kappa shape index (κ1) is 26.1. The third kappa shape index (κ3) is 6.22. The largest absolute Gasteiger partial charge is 0.496 e. The molecule has 35 heavy (non-hydrogen) atoms. The predicted molar refractivity (Wildman–Crippen MR) is 117 cm³/mol. The Bertz CT molecular complexity index is 908. The van der Waals surface area contributed by atoms with Gasteiger partial charge in [0.15, 0.2) is 0 Å². The van der Waals surface area contributed by atoms with E-state index >= 15 is 0 Å². The lowest BCUT2D eigenvalue weighted by atomic mass is 9.88. The summed E-state index contributed by atoms with van der Waals surface area (Å²) in [7, 11) is 0.950. The quantitative estimate of drug-likeness (QED) is 0.533. The monoisotopic (exact) mass is 507 g/mol. The highest BCUT2D eigenvalue weighted by atomic mass is 19.4. The number of likely N-dealkylation sites (tertiary alicyclic amines) is 1. The molecule has 2 saturated carbocycles. The standard InChI is InChI=1S/C24H31F6N3O2/c1-35-20-13-14(23(25,26)27)12-17(24(28,29)30)21(20)22(34)32-19-5-3-2-4-18(19)31-15-8-10-33(11-9-15)16-6-7-16/h12-13,15-16,18-19,31H,2-11H2,1H3,(H,32,34)/t18-,19+/m0/s1. The number of alkyl halides is 6. The van der Waals surface area contributed by atoms with E-state index in [1.165, 1.54) is 12.8 Å². The van der Waals surface area contributed by atoms with E-state index in [-0.39, 0.29) is 18.2 Å². The number of amides is 1. The summed E-state index contributed by atoms with van der Waals surface area (Å²) < 4.78 is 85.6. The van der Waals surface area contributed by atoms with Crippen molar-refractivity contribution in [2.24, 2.45) is 0 Å². The van der Waals surface area contributed by atoms with Crippen LogP contribution in [0.4, 0.5) is 26.3 Å². The summed E-state index contributed by atoms with van der Waals surface area (Å²) in [4.78, 5) is 15.6. The summed E-state index contributed by atoms with van der Waals surface area (Å²) >= 11 is 0. The van der Waals surface area contributed by atoms with Crippen LogP contribution in [0.15, 0.2) is 12.1 Å². The average Bonchev–Trinajstić information content (AvgIpc) is 3.64. The van der Waals surface area contributed by atoms with Crippen molar-refractivity contribution < 1.29 is 35.9 Å². The second-order valence-corrected chi connectivity index (χ2v) is 9.78. The topological polar surface area (TPSA) is 53.6 Å². The SMILES string of the molecule is COc1cc(C(F)(F)F)cc(C(F)(F)F)c1C(=O)N[C@@H]1CCCC[C@@H]1NC1CCN(C2CC2)CC1. The van der Waals surface area contributed by atoms with Gasteiger partial charge in [0.05, 0.1) is 23.8 Å². The Balaban J connectivity index is 1.51. The van der Waals surface area contributed by atoms with Gasteiger partial charge in [-0.2, -0.15) is 26.3 Å². The number of piperidine rings is 1. The fourth-order valence-electron chi connectivity index (χ4n) is 5.32. The van der Waals surface area contributed by atoms with Gasteiger partial charge in [-0.15, -0.1) is 0 Å². The fourth-order valence-corrected chi connectivity index (χ4v) is 5.32. The zero-order chi connectivity index (χ0) is 25.4. The molecule has 1 aromatic carbocycles. The lowest BCUT2D eigenvalue weighted by molar-refractivity contribution is -0.143. The van der Waals surface area contributed by atoms with Gasteiger partial charge in [0, 0.05) is 24.2 Å². The molecule has 3 fully saturated rings. The number of hydrogen-bond acceptors (Lipinski definition) is 4. The third-order valence-corrected chi connectivity index (χ3v) is 7.31. The molecule has 0 spiro atoms. The number of nitrogens with one attached hydrogen (secondary N) is 2. The number of benzene rings is 1. The Morgan fingerprint density at radius 2 is 1.54 bits per heavy atom. The molecule has 1 aliphatic heterocycles. The van der Waals surface area contributed by atoms with E-state index in [9.17, 15) is 31.1 Å². The number of ether oxygens (including phenoxy) is 1. The Morgan fingerprint density at radius 1 is 0.914 bits per heavy atom.